The van der Waals surface area contributed by atoms with Crippen molar-refractivity contribution in [3.8, 4) is 0 Å². The molecule has 0 bridgehead atoms. The van der Waals surface area contributed by atoms with Crippen LogP contribution in [0.2, 0.25) is 0 Å². The second kappa shape index (κ2) is 11.7. The smallest absolute Gasteiger partial charge is 0.260 e. The van der Waals surface area contributed by atoms with E-state index in [1.807, 2.05) is 63.4 Å². The Hall–Kier alpha value is 0.720. The topological polar surface area (TPSA) is 171 Å². The Morgan fingerprint density at radius 1 is 0.462 bits per heavy atom. The lowest BCUT2D eigenvalue weighted by Crippen LogP contribution is -2.29. The van der Waals surface area contributed by atoms with Crippen molar-refractivity contribution < 1.29 is 0 Å². The Kier molecular flexibility index (Phi) is 12.0. The molecule has 0 aromatic heterocycles. The van der Waals surface area contributed by atoms with Gasteiger partial charge in [-0.05, 0) is 77.0 Å². The molecule has 0 unspecified atom stereocenters. The molecular weight excluding hydrogens is 414 g/mol. The molecule has 0 aromatic carbocycles. The van der Waals surface area contributed by atoms with Gasteiger partial charge in [-0.2, -0.15) is 0 Å². The van der Waals surface area contributed by atoms with E-state index in [2.05, 4.69) is 45.8 Å². The van der Waals surface area contributed by atoms with Crippen LogP contribution in [0.4, 0.5) is 0 Å². The minimum absolute atomic E-state index is 1.82. The van der Waals surface area contributed by atoms with Crippen LogP contribution in [0, 0.1) is 0 Å². The largest absolute Gasteiger partial charge is 0.448 e. The Labute approximate surface area is 159 Å². The first-order chi connectivity index (χ1) is 12.2. The molecule has 0 amide bonds. The molecule has 0 aromatic rings. The van der Waals surface area contributed by atoms with E-state index in [1.165, 1.54) is 0 Å². The van der Waals surface area contributed by atoms with Gasteiger partial charge >= 0.3 is 7.87 Å². The molecule has 0 rings (SSSR count). The van der Waals surface area contributed by atoms with Crippen molar-refractivity contribution in [3.05, 3.63) is 0 Å². The highest BCUT2D eigenvalue weighted by Gasteiger charge is 2.43. The number of hydrogen-bond acceptors (Lipinski definition) is 4. The minimum atomic E-state index is -3.02. The van der Waals surface area contributed by atoms with Gasteiger partial charge in [-0.15, -0.1) is 5.50 Å². The summed E-state index contributed by atoms with van der Waals surface area (Å²) in [5.41, 5.74) is 6.77. The van der Waals surface area contributed by atoms with E-state index in [0.717, 1.165) is 0 Å². The Morgan fingerprint density at radius 3 is 0.731 bits per heavy atom. The van der Waals surface area contributed by atoms with Crippen LogP contribution < -0.4 is 51.3 Å². The van der Waals surface area contributed by atoms with E-state index < -0.39 is 30.4 Å². The molecule has 13 nitrogen and oxygen atoms in total. The fourth-order valence-corrected chi connectivity index (χ4v) is 13.4. The van der Waals surface area contributed by atoms with Gasteiger partial charge in [0, 0.05) is 0 Å². The Morgan fingerprint density at radius 2 is 0.615 bits per heavy atom. The fraction of sp³-hybridized carbons (Fsp3) is 1.00. The van der Waals surface area contributed by atoms with E-state index >= 15 is 0 Å². The van der Waals surface area contributed by atoms with Gasteiger partial charge in [0.25, 0.3) is 0 Å². The van der Waals surface area contributed by atoms with Gasteiger partial charge in [0.15, 0.2) is 0 Å². The van der Waals surface area contributed by atoms with Gasteiger partial charge in [0.1, 0.15) is 0 Å². The lowest BCUT2D eigenvalue weighted by molar-refractivity contribution is 1.03. The van der Waals surface area contributed by atoms with Crippen LogP contribution in [-0.2, 0) is 0 Å². The molecular formula is C9H38N13P4+. The minimum Gasteiger partial charge on any atom is -0.260 e. The van der Waals surface area contributed by atoms with Crippen LogP contribution in [0.5, 0.6) is 0 Å². The van der Waals surface area contributed by atoms with Crippen molar-refractivity contribution in [2.24, 2.45) is 19.1 Å². The number of nitrogens with zero attached hydrogens (tertiary/aromatic N) is 3. The number of hydrogen-bond donors (Lipinski definition) is 10. The molecule has 0 radical (unpaired) electrons. The highest BCUT2D eigenvalue weighted by Crippen LogP contribution is 2.70. The summed E-state index contributed by atoms with van der Waals surface area (Å²) in [4.78, 5) is 0. The zero-order valence-corrected chi connectivity index (χ0v) is 20.8. The Bertz CT molecular complexity index is 454. The van der Waals surface area contributed by atoms with Crippen LogP contribution in [0.25, 0.3) is 0 Å². The standard InChI is InChI=1S/C9H38N13P4/c1-11-24(12-2,13-3)20-23(10,21-25(14-4,15-5)16-6)22-26(17-7,18-8)19-9/h11-19H,10H2,1-9H3/q+1. The van der Waals surface area contributed by atoms with Gasteiger partial charge in [-0.25, -0.2) is 0 Å². The first kappa shape index (κ1) is 26.7. The van der Waals surface area contributed by atoms with E-state index in [-0.39, 0.29) is 0 Å². The van der Waals surface area contributed by atoms with Crippen molar-refractivity contribution in [2.75, 3.05) is 63.4 Å². The molecule has 0 saturated carbocycles. The molecule has 0 atom stereocenters. The summed E-state index contributed by atoms with van der Waals surface area (Å²) in [5, 5.41) is 28.8. The van der Waals surface area contributed by atoms with Gasteiger partial charge in [0.05, 0.1) is 0 Å². The molecule has 0 aliphatic carbocycles. The van der Waals surface area contributed by atoms with Crippen molar-refractivity contribution in [2.45, 2.75) is 0 Å². The van der Waals surface area contributed by atoms with E-state index in [0.29, 0.717) is 0 Å². The van der Waals surface area contributed by atoms with E-state index in [1.54, 1.807) is 0 Å². The summed E-state index contributed by atoms with van der Waals surface area (Å²) >= 11 is 0. The normalized spacial score (nSPS) is 13.6. The van der Waals surface area contributed by atoms with Crippen molar-refractivity contribution >= 4 is 30.4 Å². The second-order valence-corrected chi connectivity index (χ2v) is 16.0. The maximum atomic E-state index is 6.77. The van der Waals surface area contributed by atoms with Crippen molar-refractivity contribution in [1.29, 1.82) is 0 Å². The number of nitrogens with two attached hydrogens (primary N) is 1. The summed E-state index contributed by atoms with van der Waals surface area (Å²) in [6.07, 6.45) is 0. The molecule has 0 heterocycles. The summed E-state index contributed by atoms with van der Waals surface area (Å²) < 4.78 is 14.7. The van der Waals surface area contributed by atoms with Crippen LogP contribution in [-0.4, -0.2) is 63.4 Å². The number of rotatable bonds is 12. The Balaban J connectivity index is 6.99. The highest BCUT2D eigenvalue weighted by atomic mass is 31.3. The van der Waals surface area contributed by atoms with Crippen LogP contribution >= 0.6 is 30.4 Å². The van der Waals surface area contributed by atoms with E-state index in [4.69, 9.17) is 19.1 Å². The van der Waals surface area contributed by atoms with Gasteiger partial charge in [-0.1, -0.05) is 0 Å². The third-order valence-corrected chi connectivity index (χ3v) is 15.9. The van der Waals surface area contributed by atoms with Crippen LogP contribution in [0.1, 0.15) is 0 Å². The molecule has 17 heteroatoms. The second-order valence-electron chi connectivity index (χ2n) is 4.80. The van der Waals surface area contributed by atoms with E-state index in [9.17, 15) is 0 Å². The summed E-state index contributed by atoms with van der Waals surface area (Å²) in [5.74, 6) is 0. The molecule has 26 heavy (non-hydrogen) atoms. The first-order valence-corrected chi connectivity index (χ1v) is 14.9. The third-order valence-electron chi connectivity index (χ3n) is 3.71. The molecule has 0 fully saturated rings. The maximum absolute atomic E-state index is 6.77. The molecule has 0 saturated heterocycles. The summed E-state index contributed by atoms with van der Waals surface area (Å²) in [7, 11) is 6.43. The van der Waals surface area contributed by atoms with Gasteiger partial charge in [-0.3, -0.25) is 45.8 Å². The molecule has 158 valence electrons. The lowest BCUT2D eigenvalue weighted by atomic mass is 11.6. The average molecular weight is 452 g/mol. The van der Waals surface area contributed by atoms with Crippen LogP contribution in [0.3, 0.4) is 0 Å². The predicted octanol–water partition coefficient (Wildman–Crippen LogP) is 0.436. The fourth-order valence-electron chi connectivity index (χ4n) is 2.05. The highest BCUT2D eigenvalue weighted by molar-refractivity contribution is 7.85. The predicted molar refractivity (Wildman–Crippen MR) is 121 cm³/mol. The lowest BCUT2D eigenvalue weighted by Gasteiger charge is -2.27. The van der Waals surface area contributed by atoms with Crippen LogP contribution in [0.15, 0.2) is 13.5 Å². The van der Waals surface area contributed by atoms with Crippen molar-refractivity contribution in [1.82, 2.24) is 45.8 Å². The van der Waals surface area contributed by atoms with Gasteiger partial charge < -0.3 is 0 Å². The maximum Gasteiger partial charge on any atom is 0.448 e. The summed E-state index contributed by atoms with van der Waals surface area (Å²) in [6.45, 7) is 0. The first-order valence-electron chi connectivity index (χ1n) is 7.97. The quantitative estimate of drug-likeness (QED) is 0.187. The average Bonchev–Trinajstić information content (AvgIpc) is 2.69. The monoisotopic (exact) mass is 452 g/mol. The van der Waals surface area contributed by atoms with Crippen molar-refractivity contribution in [3.63, 3.8) is 0 Å². The molecule has 0 aliphatic rings. The zero-order chi connectivity index (χ0) is 20.5. The molecule has 0 spiro atoms. The SMILES string of the molecule is CNP(=N[P+](N)(N=P(NC)(NC)NC)N=P(NC)(NC)NC)(NC)NC. The third kappa shape index (κ3) is 6.65. The molecule has 0 aliphatic heterocycles. The molecule has 11 N–H and O–H groups in total. The number of nitrogens with one attached hydrogen (secondary N) is 9. The summed E-state index contributed by atoms with van der Waals surface area (Å²) in [6, 6.07) is 0. The zero-order valence-electron chi connectivity index (χ0n) is 17.2. The van der Waals surface area contributed by atoms with Gasteiger partial charge in [0.2, 0.25) is 22.5 Å².